The van der Waals surface area contributed by atoms with E-state index >= 15 is 0 Å². The second-order valence-electron chi connectivity index (χ2n) is 9.59. The van der Waals surface area contributed by atoms with Crippen LogP contribution in [0.2, 0.25) is 0 Å². The van der Waals surface area contributed by atoms with Crippen LogP contribution in [-0.4, -0.2) is 30.6 Å². The van der Waals surface area contributed by atoms with E-state index in [1.54, 1.807) is 80.6 Å². The summed E-state index contributed by atoms with van der Waals surface area (Å²) in [5.41, 5.74) is 4.41. The molecule has 1 aliphatic rings. The van der Waals surface area contributed by atoms with Crippen molar-refractivity contribution < 1.29 is 23.1 Å². The van der Waals surface area contributed by atoms with E-state index in [0.717, 1.165) is 4.68 Å². The number of benzene rings is 3. The standard InChI is InChI=1S/C29H23F3N6O2/c1-16-10-9-15-20-23(16)34-27(40)28(20,21-17(2)35-37(25(21)33)18-11-5-3-6-12-18)22-24(29(30,31)32)36-38(26(22)39)19-13-7-4-8-14-19/h3-15,39H,33H2,1-2H3,(H,34,40). The minimum atomic E-state index is -5.04. The molecule has 0 aliphatic carbocycles. The molecule has 3 heterocycles. The number of nitrogen functional groups attached to an aromatic ring is 1. The van der Waals surface area contributed by atoms with Crippen LogP contribution >= 0.6 is 0 Å². The third-order valence-corrected chi connectivity index (χ3v) is 7.23. The number of hydrogen-bond acceptors (Lipinski definition) is 5. The van der Waals surface area contributed by atoms with Crippen molar-refractivity contribution in [1.29, 1.82) is 0 Å². The third kappa shape index (κ3) is 3.43. The van der Waals surface area contributed by atoms with Gasteiger partial charge in [0.15, 0.2) is 5.69 Å². The number of nitrogens with one attached hydrogen (secondary N) is 1. The van der Waals surface area contributed by atoms with Gasteiger partial charge in [0.2, 0.25) is 11.8 Å². The van der Waals surface area contributed by atoms with Crippen LogP contribution in [0, 0.1) is 13.8 Å². The molecule has 6 rings (SSSR count). The number of carbonyl (C=O) groups excluding carboxylic acids is 1. The largest absolute Gasteiger partial charge is 0.493 e. The number of nitrogens with zero attached hydrogens (tertiary/aromatic N) is 4. The molecule has 0 fully saturated rings. The lowest BCUT2D eigenvalue weighted by Crippen LogP contribution is -2.39. The van der Waals surface area contributed by atoms with Crippen LogP contribution in [0.1, 0.15) is 33.6 Å². The average Bonchev–Trinajstić information content (AvgIpc) is 3.54. The van der Waals surface area contributed by atoms with Gasteiger partial charge in [-0.25, -0.2) is 9.36 Å². The summed E-state index contributed by atoms with van der Waals surface area (Å²) in [5.74, 6) is -1.70. The van der Waals surface area contributed by atoms with Crippen LogP contribution in [0.5, 0.6) is 5.88 Å². The number of para-hydroxylation sites is 3. The Kier molecular flexibility index (Phi) is 5.51. The molecule has 202 valence electrons. The van der Waals surface area contributed by atoms with Crippen molar-refractivity contribution >= 4 is 17.4 Å². The van der Waals surface area contributed by atoms with E-state index in [-0.39, 0.29) is 28.3 Å². The van der Waals surface area contributed by atoms with Gasteiger partial charge in [-0.2, -0.15) is 23.4 Å². The molecule has 1 amide bonds. The fraction of sp³-hybridized carbons (Fsp3) is 0.138. The third-order valence-electron chi connectivity index (χ3n) is 7.23. The predicted molar refractivity (Wildman–Crippen MR) is 143 cm³/mol. The molecule has 0 saturated heterocycles. The molecule has 3 aromatic carbocycles. The van der Waals surface area contributed by atoms with Gasteiger partial charge in [-0.3, -0.25) is 4.79 Å². The Hall–Kier alpha value is -5.06. The van der Waals surface area contributed by atoms with Gasteiger partial charge in [-0.1, -0.05) is 54.6 Å². The molecule has 40 heavy (non-hydrogen) atoms. The number of anilines is 2. The van der Waals surface area contributed by atoms with Crippen LogP contribution in [0.3, 0.4) is 0 Å². The topological polar surface area (TPSA) is 111 Å². The Bertz CT molecular complexity index is 1780. The molecular weight excluding hydrogens is 521 g/mol. The monoisotopic (exact) mass is 544 g/mol. The maximum absolute atomic E-state index is 14.8. The molecular formula is C29H23F3N6O2. The molecule has 11 heteroatoms. The first-order chi connectivity index (χ1) is 19.1. The summed E-state index contributed by atoms with van der Waals surface area (Å²) in [6.07, 6.45) is -5.04. The van der Waals surface area contributed by atoms with Crippen LogP contribution in [-0.2, 0) is 16.4 Å². The highest BCUT2D eigenvalue weighted by Gasteiger charge is 2.59. The summed E-state index contributed by atoms with van der Waals surface area (Å²) < 4.78 is 46.5. The number of carbonyl (C=O) groups is 1. The number of nitrogens with two attached hydrogens (primary N) is 1. The molecule has 5 aromatic rings. The number of amides is 1. The quantitative estimate of drug-likeness (QED) is 0.286. The van der Waals surface area contributed by atoms with Gasteiger partial charge in [0.05, 0.1) is 22.6 Å². The molecule has 0 saturated carbocycles. The molecule has 1 unspecified atom stereocenters. The molecule has 2 aromatic heterocycles. The van der Waals surface area contributed by atoms with E-state index in [4.69, 9.17) is 5.73 Å². The summed E-state index contributed by atoms with van der Waals surface area (Å²) in [6, 6.07) is 21.6. The maximum atomic E-state index is 14.8. The van der Waals surface area contributed by atoms with Crippen molar-refractivity contribution in [3.63, 3.8) is 0 Å². The number of alkyl halides is 3. The van der Waals surface area contributed by atoms with Crippen molar-refractivity contribution in [3.8, 4) is 17.3 Å². The summed E-state index contributed by atoms with van der Waals surface area (Å²) in [4.78, 5) is 14.2. The van der Waals surface area contributed by atoms with E-state index in [2.05, 4.69) is 15.5 Å². The SMILES string of the molecule is Cc1cccc2c1NC(=O)C2(c1c(C)nn(-c2ccccc2)c1N)c1c(C(F)(F)F)nn(-c2ccccc2)c1O. The second kappa shape index (κ2) is 8.73. The Balaban J connectivity index is 1.78. The van der Waals surface area contributed by atoms with Crippen molar-refractivity contribution in [3.05, 3.63) is 113 Å². The van der Waals surface area contributed by atoms with Gasteiger partial charge in [-0.15, -0.1) is 0 Å². The Morgan fingerprint density at radius 1 is 0.850 bits per heavy atom. The molecule has 0 radical (unpaired) electrons. The predicted octanol–water partition coefficient (Wildman–Crippen LogP) is 5.27. The fourth-order valence-corrected chi connectivity index (χ4v) is 5.57. The second-order valence-corrected chi connectivity index (χ2v) is 9.59. The minimum Gasteiger partial charge on any atom is -0.493 e. The number of fused-ring (bicyclic) bond motifs is 1. The first kappa shape index (κ1) is 25.2. The van der Waals surface area contributed by atoms with Gasteiger partial charge in [0, 0.05) is 16.8 Å². The molecule has 1 atom stereocenters. The fourth-order valence-electron chi connectivity index (χ4n) is 5.57. The molecule has 0 bridgehead atoms. The highest BCUT2D eigenvalue weighted by Crippen LogP contribution is 2.56. The Morgan fingerprint density at radius 3 is 2.05 bits per heavy atom. The van der Waals surface area contributed by atoms with Crippen LogP contribution < -0.4 is 11.1 Å². The van der Waals surface area contributed by atoms with E-state index in [1.807, 2.05) is 0 Å². The van der Waals surface area contributed by atoms with Crippen LogP contribution in [0.15, 0.2) is 78.9 Å². The highest BCUT2D eigenvalue weighted by molar-refractivity contribution is 6.13. The zero-order valence-corrected chi connectivity index (χ0v) is 21.4. The molecule has 1 aliphatic heterocycles. The maximum Gasteiger partial charge on any atom is 0.435 e. The van der Waals surface area contributed by atoms with Crippen LogP contribution in [0.25, 0.3) is 11.4 Å². The number of halogens is 3. The number of aromatic nitrogens is 4. The zero-order chi connectivity index (χ0) is 28.4. The van der Waals surface area contributed by atoms with Crippen molar-refractivity contribution in [1.82, 2.24) is 19.6 Å². The van der Waals surface area contributed by atoms with Crippen LogP contribution in [0.4, 0.5) is 24.7 Å². The van der Waals surface area contributed by atoms with E-state index in [9.17, 15) is 23.1 Å². The average molecular weight is 545 g/mol. The normalized spacial score (nSPS) is 16.7. The summed E-state index contributed by atoms with van der Waals surface area (Å²) in [6.45, 7) is 3.30. The van der Waals surface area contributed by atoms with Gasteiger partial charge < -0.3 is 16.2 Å². The lowest BCUT2D eigenvalue weighted by Gasteiger charge is -2.29. The molecule has 0 spiro atoms. The minimum absolute atomic E-state index is 0.0200. The highest BCUT2D eigenvalue weighted by atomic mass is 19.4. The van der Waals surface area contributed by atoms with Crippen molar-refractivity contribution in [2.45, 2.75) is 25.4 Å². The van der Waals surface area contributed by atoms with Crippen molar-refractivity contribution in [2.24, 2.45) is 0 Å². The van der Waals surface area contributed by atoms with E-state index in [1.165, 1.54) is 16.8 Å². The zero-order valence-electron chi connectivity index (χ0n) is 21.4. The smallest absolute Gasteiger partial charge is 0.435 e. The number of aryl methyl sites for hydroxylation is 2. The van der Waals surface area contributed by atoms with E-state index < -0.39 is 34.6 Å². The van der Waals surface area contributed by atoms with Crippen molar-refractivity contribution in [2.75, 3.05) is 11.1 Å². The lowest BCUT2D eigenvalue weighted by molar-refractivity contribution is -0.142. The van der Waals surface area contributed by atoms with E-state index in [0.29, 0.717) is 16.9 Å². The summed E-state index contributed by atoms with van der Waals surface area (Å²) in [5, 5.41) is 22.7. The van der Waals surface area contributed by atoms with Gasteiger partial charge in [-0.05, 0) is 43.7 Å². The number of aromatic hydroxyl groups is 1. The van der Waals surface area contributed by atoms with Gasteiger partial charge in [0.25, 0.3) is 0 Å². The molecule has 4 N–H and O–H groups in total. The summed E-state index contributed by atoms with van der Waals surface area (Å²) >= 11 is 0. The Morgan fingerprint density at radius 2 is 1.45 bits per heavy atom. The summed E-state index contributed by atoms with van der Waals surface area (Å²) in [7, 11) is 0. The number of rotatable bonds is 4. The van der Waals surface area contributed by atoms with Gasteiger partial charge in [0.1, 0.15) is 11.2 Å². The molecule has 8 nitrogen and oxygen atoms in total. The lowest BCUT2D eigenvalue weighted by atomic mass is 9.69. The number of hydrogen-bond donors (Lipinski definition) is 3. The Labute approximate surface area is 226 Å². The first-order valence-corrected chi connectivity index (χ1v) is 12.3. The first-order valence-electron chi connectivity index (χ1n) is 12.3. The van der Waals surface area contributed by atoms with Gasteiger partial charge >= 0.3 is 6.18 Å².